The number of aromatic nitrogens is 3. The summed E-state index contributed by atoms with van der Waals surface area (Å²) >= 11 is 0. The molecule has 4 aromatic rings. The van der Waals surface area contributed by atoms with Crippen LogP contribution in [0.4, 0.5) is 0 Å². The first kappa shape index (κ1) is 17.4. The summed E-state index contributed by atoms with van der Waals surface area (Å²) in [5, 5.41) is 8.04. The van der Waals surface area contributed by atoms with Crippen LogP contribution < -0.4 is 4.74 Å². The van der Waals surface area contributed by atoms with E-state index >= 15 is 0 Å². The van der Waals surface area contributed by atoms with Gasteiger partial charge in [-0.2, -0.15) is 5.10 Å². The van der Waals surface area contributed by atoms with E-state index in [2.05, 4.69) is 15.2 Å². The maximum absolute atomic E-state index is 12.8. The molecule has 2 aromatic carbocycles. The van der Waals surface area contributed by atoms with Crippen LogP contribution in [0.5, 0.6) is 11.5 Å². The lowest BCUT2D eigenvalue weighted by Crippen LogP contribution is -2.37. The average molecular weight is 384 g/mol. The Morgan fingerprint density at radius 1 is 1.03 bits per heavy atom. The lowest BCUT2D eigenvalue weighted by molar-refractivity contribution is -0.131. The zero-order valence-electron chi connectivity index (χ0n) is 15.8. The van der Waals surface area contributed by atoms with Gasteiger partial charge in [0.05, 0.1) is 12.6 Å². The molecule has 5 rings (SSSR count). The highest BCUT2D eigenvalue weighted by molar-refractivity contribution is 5.82. The van der Waals surface area contributed by atoms with E-state index in [9.17, 15) is 4.79 Å². The first-order chi connectivity index (χ1) is 14.3. The Kier molecular flexibility index (Phi) is 4.44. The zero-order valence-corrected chi connectivity index (χ0v) is 15.8. The smallest absolute Gasteiger partial charge is 0.227 e. The van der Waals surface area contributed by atoms with Crippen LogP contribution in [-0.4, -0.2) is 32.5 Å². The van der Waals surface area contributed by atoms with Crippen LogP contribution in [0, 0.1) is 0 Å². The highest BCUT2D eigenvalue weighted by Gasteiger charge is 2.23. The topological polar surface area (TPSA) is 71.1 Å². The van der Waals surface area contributed by atoms with E-state index < -0.39 is 0 Å². The summed E-state index contributed by atoms with van der Waals surface area (Å²) in [6, 6.07) is 17.4. The molecule has 1 aliphatic rings. The summed E-state index contributed by atoms with van der Waals surface area (Å²) in [4.78, 5) is 19.1. The van der Waals surface area contributed by atoms with Gasteiger partial charge >= 0.3 is 0 Å². The number of carbonyl (C=O) groups excluding carboxylic acids is 1. The van der Waals surface area contributed by atoms with Gasteiger partial charge in [-0.05, 0) is 47.4 Å². The molecule has 0 fully saturated rings. The Hall–Kier alpha value is -3.67. The minimum atomic E-state index is 0.125. The number of H-pyrrole nitrogens is 1. The lowest BCUT2D eigenvalue weighted by atomic mass is 9.98. The molecular weight excluding hydrogens is 364 g/mol. The van der Waals surface area contributed by atoms with Crippen molar-refractivity contribution in [2.45, 2.75) is 19.4 Å². The fraction of sp³-hybridized carbons (Fsp3) is 0.174. The summed E-state index contributed by atoms with van der Waals surface area (Å²) in [6.07, 6.45) is 4.87. The van der Waals surface area contributed by atoms with Gasteiger partial charge in [0.1, 0.15) is 11.5 Å². The average Bonchev–Trinajstić information content (AvgIpc) is 3.25. The molecular formula is C23H20N4O2. The minimum Gasteiger partial charge on any atom is -0.457 e. The van der Waals surface area contributed by atoms with Gasteiger partial charge in [-0.3, -0.25) is 9.89 Å². The second-order valence-electron chi connectivity index (χ2n) is 7.20. The van der Waals surface area contributed by atoms with Crippen molar-refractivity contribution in [3.05, 3.63) is 83.7 Å². The van der Waals surface area contributed by atoms with Crippen LogP contribution in [0.25, 0.3) is 11.0 Å². The SMILES string of the molecule is O=C(Cc1ccc(Oc2ccccc2)cc1)N1CCc2c(cnc3[nH]ncc23)C1. The normalized spacial score (nSPS) is 13.3. The van der Waals surface area contributed by atoms with Crippen LogP contribution in [0.3, 0.4) is 0 Å². The number of benzene rings is 2. The van der Waals surface area contributed by atoms with Crippen molar-refractivity contribution in [1.82, 2.24) is 20.1 Å². The predicted octanol–water partition coefficient (Wildman–Crippen LogP) is 3.88. The second-order valence-corrected chi connectivity index (χ2v) is 7.20. The van der Waals surface area contributed by atoms with Gasteiger partial charge in [0.2, 0.25) is 5.91 Å². The number of hydrogen-bond acceptors (Lipinski definition) is 4. The Morgan fingerprint density at radius 2 is 1.83 bits per heavy atom. The van der Waals surface area contributed by atoms with Gasteiger partial charge in [-0.25, -0.2) is 4.98 Å². The molecule has 29 heavy (non-hydrogen) atoms. The van der Waals surface area contributed by atoms with Crippen LogP contribution in [-0.2, 0) is 24.2 Å². The number of fused-ring (bicyclic) bond motifs is 3. The third-order valence-electron chi connectivity index (χ3n) is 5.28. The quantitative estimate of drug-likeness (QED) is 0.580. The third kappa shape index (κ3) is 3.57. The van der Waals surface area contributed by atoms with E-state index in [-0.39, 0.29) is 5.91 Å². The van der Waals surface area contributed by atoms with Crippen molar-refractivity contribution >= 4 is 16.9 Å². The van der Waals surface area contributed by atoms with Crippen molar-refractivity contribution < 1.29 is 9.53 Å². The lowest BCUT2D eigenvalue weighted by Gasteiger charge is -2.29. The van der Waals surface area contributed by atoms with Crippen molar-refractivity contribution in [3.8, 4) is 11.5 Å². The van der Waals surface area contributed by atoms with E-state index in [1.165, 1.54) is 5.56 Å². The maximum atomic E-state index is 12.8. The van der Waals surface area contributed by atoms with Gasteiger partial charge in [-0.15, -0.1) is 0 Å². The first-order valence-corrected chi connectivity index (χ1v) is 9.66. The minimum absolute atomic E-state index is 0.125. The van der Waals surface area contributed by atoms with Crippen LogP contribution >= 0.6 is 0 Å². The fourth-order valence-electron chi connectivity index (χ4n) is 3.75. The van der Waals surface area contributed by atoms with Gasteiger partial charge in [0.25, 0.3) is 0 Å². The van der Waals surface area contributed by atoms with E-state index in [1.54, 1.807) is 0 Å². The van der Waals surface area contributed by atoms with Gasteiger partial charge in [0, 0.05) is 24.7 Å². The predicted molar refractivity (Wildman–Crippen MR) is 110 cm³/mol. The molecule has 0 unspecified atom stereocenters. The van der Waals surface area contributed by atoms with Gasteiger partial charge < -0.3 is 9.64 Å². The van der Waals surface area contributed by atoms with Gasteiger partial charge in [0.15, 0.2) is 5.65 Å². The first-order valence-electron chi connectivity index (χ1n) is 9.66. The summed E-state index contributed by atoms with van der Waals surface area (Å²) in [7, 11) is 0. The third-order valence-corrected chi connectivity index (χ3v) is 5.28. The maximum Gasteiger partial charge on any atom is 0.227 e. The molecule has 6 nitrogen and oxygen atoms in total. The molecule has 0 saturated carbocycles. The Labute approximate surface area is 168 Å². The summed E-state index contributed by atoms with van der Waals surface area (Å²) in [6.45, 7) is 1.31. The van der Waals surface area contributed by atoms with E-state index in [0.717, 1.165) is 40.1 Å². The van der Waals surface area contributed by atoms with Gasteiger partial charge in [-0.1, -0.05) is 30.3 Å². The van der Waals surface area contributed by atoms with Crippen LogP contribution in [0.15, 0.2) is 67.0 Å². The molecule has 1 N–H and O–H groups in total. The molecule has 0 atom stereocenters. The van der Waals surface area contributed by atoms with Crippen molar-refractivity contribution in [2.75, 3.05) is 6.54 Å². The van der Waals surface area contributed by atoms with Crippen LogP contribution in [0.2, 0.25) is 0 Å². The number of rotatable bonds is 4. The fourth-order valence-corrected chi connectivity index (χ4v) is 3.75. The molecule has 0 aliphatic carbocycles. The number of para-hydroxylation sites is 1. The molecule has 1 aliphatic heterocycles. The highest BCUT2D eigenvalue weighted by atomic mass is 16.5. The van der Waals surface area contributed by atoms with E-state index in [1.807, 2.05) is 71.9 Å². The van der Waals surface area contributed by atoms with E-state index in [4.69, 9.17) is 4.74 Å². The largest absolute Gasteiger partial charge is 0.457 e. The molecule has 3 heterocycles. The number of ether oxygens (including phenoxy) is 1. The zero-order chi connectivity index (χ0) is 19.6. The number of nitrogens with zero attached hydrogens (tertiary/aromatic N) is 3. The number of hydrogen-bond donors (Lipinski definition) is 1. The highest BCUT2D eigenvalue weighted by Crippen LogP contribution is 2.26. The van der Waals surface area contributed by atoms with Crippen molar-refractivity contribution in [2.24, 2.45) is 0 Å². The number of amides is 1. The molecule has 6 heteroatoms. The molecule has 1 amide bonds. The molecule has 2 aromatic heterocycles. The molecule has 0 saturated heterocycles. The number of carbonyl (C=O) groups is 1. The Balaban J connectivity index is 1.25. The standard InChI is InChI=1S/C23H20N4O2/c28-22(12-16-6-8-19(9-7-16)29-18-4-2-1-3-5-18)27-11-10-20-17(15-27)13-24-23-21(20)14-25-26-23/h1-9,13-14H,10-12,15H2,(H,24,25,26). The van der Waals surface area contributed by atoms with Crippen LogP contribution in [0.1, 0.15) is 16.7 Å². The molecule has 0 bridgehead atoms. The summed E-state index contributed by atoms with van der Waals surface area (Å²) in [5.74, 6) is 1.68. The van der Waals surface area contributed by atoms with E-state index in [0.29, 0.717) is 19.5 Å². The summed E-state index contributed by atoms with van der Waals surface area (Å²) in [5.41, 5.74) is 4.13. The number of aromatic amines is 1. The molecule has 0 spiro atoms. The number of pyridine rings is 1. The Morgan fingerprint density at radius 3 is 2.66 bits per heavy atom. The van der Waals surface area contributed by atoms with Crippen molar-refractivity contribution in [3.63, 3.8) is 0 Å². The molecule has 144 valence electrons. The monoisotopic (exact) mass is 384 g/mol. The Bertz CT molecular complexity index is 1150. The van der Waals surface area contributed by atoms with Crippen molar-refractivity contribution in [1.29, 1.82) is 0 Å². The second kappa shape index (κ2) is 7.39. The molecule has 0 radical (unpaired) electrons. The number of nitrogens with one attached hydrogen (secondary N) is 1. The summed E-state index contributed by atoms with van der Waals surface area (Å²) < 4.78 is 5.81.